The fourth-order valence-corrected chi connectivity index (χ4v) is 3.93. The van der Waals surface area contributed by atoms with Crippen molar-refractivity contribution in [2.75, 3.05) is 26.5 Å². The van der Waals surface area contributed by atoms with Gasteiger partial charge in [0.2, 0.25) is 0 Å². The molecule has 3 aromatic carbocycles. The van der Waals surface area contributed by atoms with Crippen molar-refractivity contribution in [1.82, 2.24) is 14.9 Å². The standard InChI is InChI=1S/C31H31N5O2/c1-21(8-7-17-32-2)29-34-28-16-15-25(19-27(28)30(33-3)35-29)24-9-6-10-26(18-24)38-20-22-11-13-23(14-12-22)31(37)36(4)5/h6-19H,2,20H2,1,3-5H3,(H,33,34,35)/b17-7-,21-8+. The largest absolute Gasteiger partial charge is 0.489 e. The summed E-state index contributed by atoms with van der Waals surface area (Å²) in [5, 5.41) is 4.14. The first-order valence-corrected chi connectivity index (χ1v) is 12.2. The number of rotatable bonds is 9. The van der Waals surface area contributed by atoms with Crippen LogP contribution in [0.3, 0.4) is 0 Å². The van der Waals surface area contributed by atoms with Crippen molar-refractivity contribution in [3.63, 3.8) is 0 Å². The molecule has 38 heavy (non-hydrogen) atoms. The maximum absolute atomic E-state index is 12.1. The van der Waals surface area contributed by atoms with E-state index in [2.05, 4.69) is 35.2 Å². The molecular formula is C31H31N5O2. The van der Waals surface area contributed by atoms with Gasteiger partial charge in [0, 0.05) is 38.3 Å². The van der Waals surface area contributed by atoms with Crippen LogP contribution in [0.4, 0.5) is 5.82 Å². The van der Waals surface area contributed by atoms with E-state index in [1.165, 1.54) is 0 Å². The van der Waals surface area contributed by atoms with E-state index in [1.807, 2.05) is 74.7 Å². The van der Waals surface area contributed by atoms with Crippen LogP contribution >= 0.6 is 0 Å². The number of aliphatic imine (C=N–C) groups is 1. The number of anilines is 1. The van der Waals surface area contributed by atoms with E-state index in [4.69, 9.17) is 14.7 Å². The topological polar surface area (TPSA) is 79.7 Å². The number of amides is 1. The lowest BCUT2D eigenvalue weighted by Crippen LogP contribution is -2.21. The summed E-state index contributed by atoms with van der Waals surface area (Å²) in [4.78, 5) is 26.9. The minimum absolute atomic E-state index is 0.0200. The van der Waals surface area contributed by atoms with Crippen LogP contribution in [-0.4, -0.2) is 48.6 Å². The fraction of sp³-hybridized carbons (Fsp3) is 0.161. The predicted molar refractivity (Wildman–Crippen MR) is 156 cm³/mol. The van der Waals surface area contributed by atoms with E-state index >= 15 is 0 Å². The minimum atomic E-state index is -0.0200. The van der Waals surface area contributed by atoms with Crippen LogP contribution in [0, 0.1) is 0 Å². The van der Waals surface area contributed by atoms with Crippen LogP contribution in [0.2, 0.25) is 0 Å². The molecule has 0 radical (unpaired) electrons. The van der Waals surface area contributed by atoms with Crippen LogP contribution in [0.25, 0.3) is 27.6 Å². The van der Waals surface area contributed by atoms with Crippen LogP contribution in [0.5, 0.6) is 5.75 Å². The second kappa shape index (κ2) is 12.0. The molecule has 1 aromatic heterocycles. The Hall–Kier alpha value is -4.78. The molecule has 7 nitrogen and oxygen atoms in total. The SMILES string of the molecule is C=N/C=C\C=C(/C)c1nc(NC)c2cc(-c3cccc(OCc4ccc(C(=O)N(C)C)cc4)c3)ccc2n1. The molecule has 1 heterocycles. The second-order valence-corrected chi connectivity index (χ2v) is 8.96. The van der Waals surface area contributed by atoms with E-state index in [0.29, 0.717) is 18.0 Å². The minimum Gasteiger partial charge on any atom is -0.489 e. The molecule has 0 spiro atoms. The van der Waals surface area contributed by atoms with Gasteiger partial charge < -0.3 is 15.0 Å². The Balaban J connectivity index is 1.55. The normalized spacial score (nSPS) is 11.5. The van der Waals surface area contributed by atoms with Gasteiger partial charge in [-0.05, 0) is 78.4 Å². The van der Waals surface area contributed by atoms with Crippen LogP contribution < -0.4 is 10.1 Å². The first-order valence-electron chi connectivity index (χ1n) is 12.2. The van der Waals surface area contributed by atoms with Gasteiger partial charge in [0.25, 0.3) is 5.91 Å². The molecule has 192 valence electrons. The van der Waals surface area contributed by atoms with Gasteiger partial charge in [-0.25, -0.2) is 9.97 Å². The van der Waals surface area contributed by atoms with Crippen molar-refractivity contribution in [2.24, 2.45) is 4.99 Å². The number of hydrogen-bond donors (Lipinski definition) is 1. The molecule has 0 aliphatic carbocycles. The van der Waals surface area contributed by atoms with Gasteiger partial charge in [0.05, 0.1) is 5.52 Å². The molecule has 0 saturated carbocycles. The third kappa shape index (κ3) is 6.13. The zero-order valence-corrected chi connectivity index (χ0v) is 22.1. The number of fused-ring (bicyclic) bond motifs is 1. The maximum Gasteiger partial charge on any atom is 0.253 e. The quantitative estimate of drug-likeness (QED) is 0.215. The molecule has 0 unspecified atom stereocenters. The van der Waals surface area contributed by atoms with Crippen molar-refractivity contribution < 1.29 is 9.53 Å². The molecule has 0 fully saturated rings. The Morgan fingerprint density at radius 3 is 2.53 bits per heavy atom. The Morgan fingerprint density at radius 1 is 1.05 bits per heavy atom. The molecule has 1 N–H and O–H groups in total. The third-order valence-electron chi connectivity index (χ3n) is 6.00. The molecular weight excluding hydrogens is 474 g/mol. The summed E-state index contributed by atoms with van der Waals surface area (Å²) in [5.74, 6) is 2.15. The van der Waals surface area contributed by atoms with Crippen LogP contribution in [0.15, 0.2) is 90.1 Å². The van der Waals surface area contributed by atoms with Crippen molar-refractivity contribution in [1.29, 1.82) is 0 Å². The van der Waals surface area contributed by atoms with Gasteiger partial charge >= 0.3 is 0 Å². The summed E-state index contributed by atoms with van der Waals surface area (Å²) in [6.45, 7) is 5.82. The van der Waals surface area contributed by atoms with E-state index in [9.17, 15) is 4.79 Å². The number of carbonyl (C=O) groups excluding carboxylic acids is 1. The zero-order chi connectivity index (χ0) is 27.1. The molecule has 1 amide bonds. The van der Waals surface area contributed by atoms with Gasteiger partial charge in [-0.3, -0.25) is 9.79 Å². The Kier molecular flexibility index (Phi) is 8.28. The lowest BCUT2D eigenvalue weighted by molar-refractivity contribution is 0.0827. The summed E-state index contributed by atoms with van der Waals surface area (Å²) in [6, 6.07) is 21.6. The summed E-state index contributed by atoms with van der Waals surface area (Å²) in [6.07, 6.45) is 5.35. The van der Waals surface area contributed by atoms with Crippen molar-refractivity contribution >= 4 is 34.9 Å². The van der Waals surface area contributed by atoms with Crippen molar-refractivity contribution in [3.05, 3.63) is 102 Å². The number of allylic oxidation sites excluding steroid dienone is 3. The van der Waals surface area contributed by atoms with Gasteiger partial charge in [-0.1, -0.05) is 36.4 Å². The molecule has 0 saturated heterocycles. The molecule has 7 heteroatoms. The van der Waals surface area contributed by atoms with Gasteiger partial charge in [-0.15, -0.1) is 0 Å². The summed E-state index contributed by atoms with van der Waals surface area (Å²) >= 11 is 0. The monoisotopic (exact) mass is 505 g/mol. The summed E-state index contributed by atoms with van der Waals surface area (Å²) in [5.41, 5.74) is 5.49. The molecule has 4 aromatic rings. The summed E-state index contributed by atoms with van der Waals surface area (Å²) in [7, 11) is 5.34. The predicted octanol–water partition coefficient (Wildman–Crippen LogP) is 6.24. The molecule has 0 atom stereocenters. The lowest BCUT2D eigenvalue weighted by Gasteiger charge is -2.12. The zero-order valence-electron chi connectivity index (χ0n) is 22.1. The smallest absolute Gasteiger partial charge is 0.253 e. The number of benzene rings is 3. The highest BCUT2D eigenvalue weighted by molar-refractivity contribution is 5.94. The maximum atomic E-state index is 12.1. The van der Waals surface area contributed by atoms with Crippen LogP contribution in [0.1, 0.15) is 28.7 Å². The average molecular weight is 506 g/mol. The first kappa shape index (κ1) is 26.3. The Morgan fingerprint density at radius 2 is 1.82 bits per heavy atom. The number of hydrogen-bond acceptors (Lipinski definition) is 6. The summed E-state index contributed by atoms with van der Waals surface area (Å²) < 4.78 is 6.06. The van der Waals surface area contributed by atoms with Crippen LogP contribution in [-0.2, 0) is 6.61 Å². The molecule has 4 rings (SSSR count). The number of carbonyl (C=O) groups is 1. The highest BCUT2D eigenvalue weighted by Crippen LogP contribution is 2.30. The number of aromatic nitrogens is 2. The highest BCUT2D eigenvalue weighted by atomic mass is 16.5. The highest BCUT2D eigenvalue weighted by Gasteiger charge is 2.11. The van der Waals surface area contributed by atoms with Crippen molar-refractivity contribution in [3.8, 4) is 16.9 Å². The molecule has 0 bridgehead atoms. The second-order valence-electron chi connectivity index (χ2n) is 8.96. The van der Waals surface area contributed by atoms with E-state index < -0.39 is 0 Å². The number of ether oxygens (including phenoxy) is 1. The van der Waals surface area contributed by atoms with Gasteiger partial charge in [0.1, 0.15) is 18.2 Å². The Labute approximate surface area is 223 Å². The van der Waals surface area contributed by atoms with E-state index in [-0.39, 0.29) is 5.91 Å². The fourth-order valence-electron chi connectivity index (χ4n) is 3.93. The molecule has 0 aliphatic rings. The first-order chi connectivity index (χ1) is 18.4. The van der Waals surface area contributed by atoms with Gasteiger partial charge in [0.15, 0.2) is 5.82 Å². The number of nitrogens with one attached hydrogen (secondary N) is 1. The molecule has 0 aliphatic heterocycles. The van der Waals surface area contributed by atoms with Crippen molar-refractivity contribution in [2.45, 2.75) is 13.5 Å². The third-order valence-corrected chi connectivity index (χ3v) is 6.00. The lowest BCUT2D eigenvalue weighted by atomic mass is 10.0. The van der Waals surface area contributed by atoms with Gasteiger partial charge in [-0.2, -0.15) is 0 Å². The Bertz CT molecular complexity index is 1520. The van der Waals surface area contributed by atoms with E-state index in [1.54, 1.807) is 25.2 Å². The average Bonchev–Trinajstić information content (AvgIpc) is 2.95. The number of nitrogens with zero attached hydrogens (tertiary/aromatic N) is 4. The van der Waals surface area contributed by atoms with E-state index in [0.717, 1.165) is 44.7 Å².